The Morgan fingerprint density at radius 3 is 2.72 bits per heavy atom. The zero-order valence-electron chi connectivity index (χ0n) is 14.7. The van der Waals surface area contributed by atoms with Crippen LogP contribution in [0, 0.1) is 0 Å². The molecule has 1 N–H and O–H groups in total. The second kappa shape index (κ2) is 7.08. The van der Waals surface area contributed by atoms with Crippen molar-refractivity contribution in [2.24, 2.45) is 0 Å². The minimum atomic E-state index is -0.347. The maximum Gasteiger partial charge on any atom is 0.410 e. The van der Waals surface area contributed by atoms with Crippen LogP contribution in [0.4, 0.5) is 9.59 Å². The summed E-state index contributed by atoms with van der Waals surface area (Å²) in [5.74, 6) is 1.25. The van der Waals surface area contributed by atoms with Crippen molar-refractivity contribution < 1.29 is 23.8 Å². The van der Waals surface area contributed by atoms with E-state index in [-0.39, 0.29) is 24.3 Å². The van der Waals surface area contributed by atoms with Gasteiger partial charge in [0.2, 0.25) is 0 Å². The smallest absolute Gasteiger partial charge is 0.410 e. The molecule has 8 nitrogen and oxygen atoms in total. The Morgan fingerprint density at radius 2 is 2.04 bits per heavy atom. The highest BCUT2D eigenvalue weighted by Gasteiger charge is 2.48. The summed E-state index contributed by atoms with van der Waals surface area (Å²) in [6.45, 7) is 3.72. The topological polar surface area (TPSA) is 80.3 Å². The highest BCUT2D eigenvalue weighted by molar-refractivity contribution is 5.76. The number of hydrogen-bond donors (Lipinski definition) is 1. The number of hydrogen-bond acceptors (Lipinski definition) is 5. The molecule has 2 aliphatic rings. The summed E-state index contributed by atoms with van der Waals surface area (Å²) in [6, 6.07) is 5.28. The van der Waals surface area contributed by atoms with Gasteiger partial charge in [-0.15, -0.1) is 0 Å². The molecule has 2 atom stereocenters. The average Bonchev–Trinajstić information content (AvgIpc) is 3.14. The number of carbonyl (C=O) groups excluding carboxylic acids is 2. The van der Waals surface area contributed by atoms with Gasteiger partial charge in [0, 0.05) is 19.6 Å². The Morgan fingerprint density at radius 1 is 1.28 bits per heavy atom. The van der Waals surface area contributed by atoms with Crippen LogP contribution in [0.1, 0.15) is 12.5 Å². The zero-order valence-corrected chi connectivity index (χ0v) is 14.7. The van der Waals surface area contributed by atoms with E-state index < -0.39 is 0 Å². The molecule has 8 heteroatoms. The Balaban J connectivity index is 1.72. The molecule has 2 saturated heterocycles. The van der Waals surface area contributed by atoms with Crippen LogP contribution in [0.3, 0.4) is 0 Å². The van der Waals surface area contributed by atoms with Crippen LogP contribution in [0.2, 0.25) is 0 Å². The molecule has 0 spiro atoms. The lowest BCUT2D eigenvalue weighted by Gasteiger charge is -2.23. The summed E-state index contributed by atoms with van der Waals surface area (Å²) in [5.41, 5.74) is 0.909. The van der Waals surface area contributed by atoms with Gasteiger partial charge in [-0.2, -0.15) is 0 Å². The second-order valence-electron chi connectivity index (χ2n) is 6.05. The van der Waals surface area contributed by atoms with Crippen molar-refractivity contribution in [1.82, 2.24) is 15.1 Å². The van der Waals surface area contributed by atoms with Gasteiger partial charge >= 0.3 is 12.1 Å². The molecule has 0 aromatic heterocycles. The molecule has 25 heavy (non-hydrogen) atoms. The number of fused-ring (bicyclic) bond motifs is 1. The standard InChI is InChI=1S/C17H23N3O5/c1-4-18-16(21)19-9-12-15(10-19)25-17(22)20(12)8-11-5-6-13(23-2)14(7-11)24-3/h5-7,12,15H,4,8-10H2,1-3H3,(H,18,21)/t12-,15+/m1/s1. The van der Waals surface area contributed by atoms with Crippen LogP contribution in [0.5, 0.6) is 11.5 Å². The maximum absolute atomic E-state index is 12.2. The van der Waals surface area contributed by atoms with Crippen molar-refractivity contribution in [3.8, 4) is 11.5 Å². The molecular formula is C17H23N3O5. The largest absolute Gasteiger partial charge is 0.493 e. The molecule has 0 radical (unpaired) electrons. The van der Waals surface area contributed by atoms with Crippen LogP contribution in [0.25, 0.3) is 0 Å². The van der Waals surface area contributed by atoms with E-state index in [9.17, 15) is 9.59 Å². The molecule has 2 heterocycles. The quantitative estimate of drug-likeness (QED) is 0.870. The molecule has 0 unspecified atom stereocenters. The fourth-order valence-corrected chi connectivity index (χ4v) is 3.29. The number of carbonyl (C=O) groups is 2. The third-order valence-electron chi connectivity index (χ3n) is 4.54. The first-order valence-electron chi connectivity index (χ1n) is 8.28. The van der Waals surface area contributed by atoms with Crippen molar-refractivity contribution in [3.05, 3.63) is 23.8 Å². The second-order valence-corrected chi connectivity index (χ2v) is 6.05. The number of nitrogens with zero attached hydrogens (tertiary/aromatic N) is 2. The van der Waals surface area contributed by atoms with Crippen LogP contribution in [0.15, 0.2) is 18.2 Å². The van der Waals surface area contributed by atoms with Crippen molar-refractivity contribution in [1.29, 1.82) is 0 Å². The molecule has 3 rings (SSSR count). The zero-order chi connectivity index (χ0) is 18.0. The summed E-state index contributed by atoms with van der Waals surface area (Å²) in [7, 11) is 3.15. The third-order valence-corrected chi connectivity index (χ3v) is 4.54. The molecule has 2 aliphatic heterocycles. The molecular weight excluding hydrogens is 326 g/mol. The van der Waals surface area contributed by atoms with Gasteiger partial charge in [-0.1, -0.05) is 6.07 Å². The van der Waals surface area contributed by atoms with Crippen molar-refractivity contribution >= 4 is 12.1 Å². The SMILES string of the molecule is CCNC(=O)N1C[C@@H]2OC(=O)N(Cc3ccc(OC)c(OC)c3)[C@@H]2C1. The summed E-state index contributed by atoms with van der Waals surface area (Å²) in [5, 5.41) is 2.78. The molecule has 0 aliphatic carbocycles. The number of rotatable bonds is 5. The number of nitrogens with one attached hydrogen (secondary N) is 1. The highest BCUT2D eigenvalue weighted by Crippen LogP contribution is 2.31. The molecule has 1 aromatic carbocycles. The van der Waals surface area contributed by atoms with Crippen LogP contribution < -0.4 is 14.8 Å². The van der Waals surface area contributed by atoms with Crippen LogP contribution in [-0.2, 0) is 11.3 Å². The van der Waals surface area contributed by atoms with Crippen molar-refractivity contribution in [3.63, 3.8) is 0 Å². The van der Waals surface area contributed by atoms with E-state index in [0.29, 0.717) is 37.7 Å². The number of ether oxygens (including phenoxy) is 3. The van der Waals surface area contributed by atoms with Gasteiger partial charge in [-0.3, -0.25) is 4.90 Å². The van der Waals surface area contributed by atoms with Gasteiger partial charge in [-0.25, -0.2) is 9.59 Å². The predicted molar refractivity (Wildman–Crippen MR) is 89.8 cm³/mol. The van der Waals surface area contributed by atoms with Gasteiger partial charge in [-0.05, 0) is 24.6 Å². The lowest BCUT2D eigenvalue weighted by Crippen LogP contribution is -2.42. The lowest BCUT2D eigenvalue weighted by atomic mass is 10.1. The highest BCUT2D eigenvalue weighted by atomic mass is 16.6. The molecule has 0 saturated carbocycles. The normalized spacial score (nSPS) is 21.8. The van der Waals surface area contributed by atoms with Gasteiger partial charge in [0.15, 0.2) is 11.5 Å². The summed E-state index contributed by atoms with van der Waals surface area (Å²) < 4.78 is 16.0. The Bertz CT molecular complexity index is 666. The molecule has 2 fully saturated rings. The molecule has 3 amide bonds. The van der Waals surface area contributed by atoms with Crippen LogP contribution >= 0.6 is 0 Å². The first kappa shape index (κ1) is 17.2. The minimum Gasteiger partial charge on any atom is -0.493 e. The number of urea groups is 1. The van der Waals surface area contributed by atoms with Crippen LogP contribution in [-0.4, -0.2) is 67.9 Å². The summed E-state index contributed by atoms with van der Waals surface area (Å²) >= 11 is 0. The number of benzene rings is 1. The van der Waals surface area contributed by atoms with E-state index in [2.05, 4.69) is 5.32 Å². The number of likely N-dealkylation sites (tertiary alicyclic amines) is 1. The molecule has 136 valence electrons. The van der Waals surface area contributed by atoms with Crippen molar-refractivity contribution in [2.75, 3.05) is 33.9 Å². The Hall–Kier alpha value is -2.64. The monoisotopic (exact) mass is 349 g/mol. The van der Waals surface area contributed by atoms with E-state index in [1.807, 2.05) is 25.1 Å². The van der Waals surface area contributed by atoms with E-state index in [1.54, 1.807) is 24.0 Å². The van der Waals surface area contributed by atoms with Crippen molar-refractivity contribution in [2.45, 2.75) is 25.6 Å². The Kier molecular flexibility index (Phi) is 4.87. The van der Waals surface area contributed by atoms with Gasteiger partial charge in [0.25, 0.3) is 0 Å². The fraction of sp³-hybridized carbons (Fsp3) is 0.529. The van der Waals surface area contributed by atoms with Gasteiger partial charge in [0.1, 0.15) is 6.10 Å². The van der Waals surface area contributed by atoms with Gasteiger partial charge in [0.05, 0.1) is 26.8 Å². The van der Waals surface area contributed by atoms with E-state index in [4.69, 9.17) is 14.2 Å². The first-order chi connectivity index (χ1) is 12.1. The minimum absolute atomic E-state index is 0.126. The maximum atomic E-state index is 12.2. The molecule has 0 bridgehead atoms. The van der Waals surface area contributed by atoms with E-state index in [1.165, 1.54) is 0 Å². The summed E-state index contributed by atoms with van der Waals surface area (Å²) in [4.78, 5) is 27.6. The lowest BCUT2D eigenvalue weighted by molar-refractivity contribution is 0.122. The number of amides is 3. The summed E-state index contributed by atoms with van der Waals surface area (Å²) in [6.07, 6.45) is -0.629. The molecule has 1 aromatic rings. The first-order valence-corrected chi connectivity index (χ1v) is 8.28. The Labute approximate surface area is 146 Å². The van der Waals surface area contributed by atoms with Gasteiger partial charge < -0.3 is 24.4 Å². The average molecular weight is 349 g/mol. The predicted octanol–water partition coefficient (Wildman–Crippen LogP) is 1.44. The number of methoxy groups -OCH3 is 2. The third kappa shape index (κ3) is 3.29. The fourth-order valence-electron chi connectivity index (χ4n) is 3.29. The van der Waals surface area contributed by atoms with E-state index in [0.717, 1.165) is 5.56 Å². The van der Waals surface area contributed by atoms with E-state index >= 15 is 0 Å².